The second-order valence-electron chi connectivity index (χ2n) is 3.43. The Kier molecular flexibility index (Phi) is 2.51. The van der Waals surface area contributed by atoms with Gasteiger partial charge in [-0.1, -0.05) is 12.1 Å². The number of imidazole rings is 1. The van der Waals surface area contributed by atoms with Gasteiger partial charge in [-0.15, -0.1) is 0 Å². The first-order valence-corrected chi connectivity index (χ1v) is 4.71. The normalized spacial score (nSPS) is 10.6. The average Bonchev–Trinajstić information content (AvgIpc) is 2.70. The molecule has 0 aliphatic carbocycles. The Labute approximate surface area is 87.2 Å². The first-order valence-electron chi connectivity index (χ1n) is 4.71. The average molecular weight is 205 g/mol. The van der Waals surface area contributed by atoms with Crippen LogP contribution < -0.4 is 5.73 Å². The highest BCUT2D eigenvalue weighted by Crippen LogP contribution is 2.18. The van der Waals surface area contributed by atoms with E-state index in [0.29, 0.717) is 17.9 Å². The lowest BCUT2D eigenvalue weighted by atomic mass is 10.1. The summed E-state index contributed by atoms with van der Waals surface area (Å²) in [6, 6.07) is 5.03. The zero-order chi connectivity index (χ0) is 10.8. The van der Waals surface area contributed by atoms with Crippen molar-refractivity contribution in [1.29, 1.82) is 0 Å². The van der Waals surface area contributed by atoms with Gasteiger partial charge in [0.15, 0.2) is 0 Å². The maximum atomic E-state index is 13.3. The van der Waals surface area contributed by atoms with E-state index in [9.17, 15) is 4.39 Å². The van der Waals surface area contributed by atoms with Crippen molar-refractivity contribution in [3.63, 3.8) is 0 Å². The van der Waals surface area contributed by atoms with E-state index in [0.717, 1.165) is 11.3 Å². The summed E-state index contributed by atoms with van der Waals surface area (Å²) in [4.78, 5) is 7.15. The molecule has 0 spiro atoms. The molecule has 1 heterocycles. The first kappa shape index (κ1) is 9.86. The summed E-state index contributed by atoms with van der Waals surface area (Å²) in [6.45, 7) is 2.13. The van der Waals surface area contributed by atoms with E-state index in [1.165, 1.54) is 6.07 Å². The molecule has 2 aromatic rings. The van der Waals surface area contributed by atoms with Gasteiger partial charge in [-0.05, 0) is 18.6 Å². The molecule has 2 rings (SSSR count). The van der Waals surface area contributed by atoms with Gasteiger partial charge in [0, 0.05) is 24.0 Å². The van der Waals surface area contributed by atoms with Gasteiger partial charge in [-0.3, -0.25) is 0 Å². The molecular weight excluding hydrogens is 193 g/mol. The van der Waals surface area contributed by atoms with Gasteiger partial charge >= 0.3 is 0 Å². The topological polar surface area (TPSA) is 54.7 Å². The zero-order valence-electron chi connectivity index (χ0n) is 8.42. The molecule has 0 atom stereocenters. The molecule has 15 heavy (non-hydrogen) atoms. The molecule has 3 nitrogen and oxygen atoms in total. The van der Waals surface area contributed by atoms with Gasteiger partial charge in [0.1, 0.15) is 11.6 Å². The van der Waals surface area contributed by atoms with E-state index in [1.807, 2.05) is 6.07 Å². The SMILES string of the molecule is Cc1ccc(-c2ncc(CN)[nH]2)cc1F. The lowest BCUT2D eigenvalue weighted by Gasteiger charge is -1.99. The molecule has 0 saturated carbocycles. The molecule has 3 N–H and O–H groups in total. The number of rotatable bonds is 2. The lowest BCUT2D eigenvalue weighted by Crippen LogP contribution is -1.95. The van der Waals surface area contributed by atoms with E-state index in [-0.39, 0.29) is 5.82 Å². The molecule has 0 amide bonds. The van der Waals surface area contributed by atoms with Crippen molar-refractivity contribution in [3.05, 3.63) is 41.5 Å². The number of halogens is 1. The van der Waals surface area contributed by atoms with E-state index >= 15 is 0 Å². The van der Waals surface area contributed by atoms with Crippen molar-refractivity contribution in [1.82, 2.24) is 9.97 Å². The summed E-state index contributed by atoms with van der Waals surface area (Å²) in [7, 11) is 0. The minimum atomic E-state index is -0.224. The molecule has 0 saturated heterocycles. The summed E-state index contributed by atoms with van der Waals surface area (Å²) in [5.74, 6) is 0.424. The van der Waals surface area contributed by atoms with Crippen molar-refractivity contribution in [2.75, 3.05) is 0 Å². The number of aromatic amines is 1. The zero-order valence-corrected chi connectivity index (χ0v) is 8.42. The number of hydrogen-bond acceptors (Lipinski definition) is 2. The third kappa shape index (κ3) is 1.89. The van der Waals surface area contributed by atoms with Crippen LogP contribution in [0.3, 0.4) is 0 Å². The van der Waals surface area contributed by atoms with Crippen LogP contribution in [0.1, 0.15) is 11.3 Å². The Balaban J connectivity index is 2.40. The van der Waals surface area contributed by atoms with Crippen molar-refractivity contribution >= 4 is 0 Å². The van der Waals surface area contributed by atoms with Gasteiger partial charge < -0.3 is 10.7 Å². The molecular formula is C11H12FN3. The van der Waals surface area contributed by atoms with Crippen LogP contribution in [0.25, 0.3) is 11.4 Å². The van der Waals surface area contributed by atoms with E-state index in [1.54, 1.807) is 19.2 Å². The van der Waals surface area contributed by atoms with Gasteiger partial charge in [-0.25, -0.2) is 9.37 Å². The molecule has 4 heteroatoms. The minimum Gasteiger partial charge on any atom is -0.341 e. The van der Waals surface area contributed by atoms with Crippen molar-refractivity contribution in [2.45, 2.75) is 13.5 Å². The Morgan fingerprint density at radius 3 is 2.87 bits per heavy atom. The summed E-state index contributed by atoms with van der Waals surface area (Å²) in [5.41, 5.74) is 7.65. The molecule has 0 unspecified atom stereocenters. The molecule has 0 radical (unpaired) electrons. The molecule has 0 aliphatic rings. The fraction of sp³-hybridized carbons (Fsp3) is 0.182. The first-order chi connectivity index (χ1) is 7.20. The predicted molar refractivity (Wildman–Crippen MR) is 56.6 cm³/mol. The van der Waals surface area contributed by atoms with Crippen LogP contribution in [-0.4, -0.2) is 9.97 Å². The van der Waals surface area contributed by atoms with Crippen LogP contribution in [0, 0.1) is 12.7 Å². The summed E-state index contributed by atoms with van der Waals surface area (Å²) >= 11 is 0. The highest BCUT2D eigenvalue weighted by Gasteiger charge is 2.05. The van der Waals surface area contributed by atoms with Crippen LogP contribution in [0.2, 0.25) is 0 Å². The van der Waals surface area contributed by atoms with Crippen LogP contribution in [0.5, 0.6) is 0 Å². The van der Waals surface area contributed by atoms with Gasteiger partial charge in [-0.2, -0.15) is 0 Å². The van der Waals surface area contributed by atoms with Crippen molar-refractivity contribution in [3.8, 4) is 11.4 Å². The number of nitrogens with zero attached hydrogens (tertiary/aromatic N) is 1. The Morgan fingerprint density at radius 1 is 1.47 bits per heavy atom. The largest absolute Gasteiger partial charge is 0.341 e. The third-order valence-electron chi connectivity index (χ3n) is 2.29. The minimum absolute atomic E-state index is 0.224. The van der Waals surface area contributed by atoms with E-state index in [4.69, 9.17) is 5.73 Å². The summed E-state index contributed by atoms with van der Waals surface area (Å²) in [6.07, 6.45) is 1.66. The number of H-pyrrole nitrogens is 1. The fourth-order valence-electron chi connectivity index (χ4n) is 1.35. The molecule has 78 valence electrons. The molecule has 1 aromatic heterocycles. The maximum Gasteiger partial charge on any atom is 0.137 e. The predicted octanol–water partition coefficient (Wildman–Crippen LogP) is 1.98. The monoisotopic (exact) mass is 205 g/mol. The maximum absolute atomic E-state index is 13.3. The Hall–Kier alpha value is -1.68. The second kappa shape index (κ2) is 3.82. The molecule has 1 aromatic carbocycles. The van der Waals surface area contributed by atoms with E-state index in [2.05, 4.69) is 9.97 Å². The van der Waals surface area contributed by atoms with Gasteiger partial charge in [0.25, 0.3) is 0 Å². The number of benzene rings is 1. The number of nitrogens with two attached hydrogens (primary N) is 1. The fourth-order valence-corrected chi connectivity index (χ4v) is 1.35. The Morgan fingerprint density at radius 2 is 2.27 bits per heavy atom. The number of aromatic nitrogens is 2. The molecule has 0 aliphatic heterocycles. The quantitative estimate of drug-likeness (QED) is 0.787. The Bertz CT molecular complexity index is 476. The van der Waals surface area contributed by atoms with E-state index < -0.39 is 0 Å². The van der Waals surface area contributed by atoms with Crippen molar-refractivity contribution in [2.24, 2.45) is 5.73 Å². The van der Waals surface area contributed by atoms with Crippen LogP contribution in [-0.2, 0) is 6.54 Å². The summed E-state index contributed by atoms with van der Waals surface area (Å²) < 4.78 is 13.3. The standard InChI is InChI=1S/C11H12FN3/c1-7-2-3-8(4-10(7)12)11-14-6-9(5-13)15-11/h2-4,6H,5,13H2,1H3,(H,14,15). The van der Waals surface area contributed by atoms with Crippen LogP contribution in [0.4, 0.5) is 4.39 Å². The van der Waals surface area contributed by atoms with Gasteiger partial charge in [0.2, 0.25) is 0 Å². The number of nitrogens with one attached hydrogen (secondary N) is 1. The number of aryl methyl sites for hydroxylation is 1. The highest BCUT2D eigenvalue weighted by atomic mass is 19.1. The van der Waals surface area contributed by atoms with Crippen molar-refractivity contribution < 1.29 is 4.39 Å². The third-order valence-corrected chi connectivity index (χ3v) is 2.29. The van der Waals surface area contributed by atoms with Crippen LogP contribution >= 0.6 is 0 Å². The second-order valence-corrected chi connectivity index (χ2v) is 3.43. The smallest absolute Gasteiger partial charge is 0.137 e. The summed E-state index contributed by atoms with van der Waals surface area (Å²) in [5, 5.41) is 0. The highest BCUT2D eigenvalue weighted by molar-refractivity contribution is 5.55. The molecule has 0 fully saturated rings. The van der Waals surface area contributed by atoms with Gasteiger partial charge in [0.05, 0.1) is 0 Å². The molecule has 0 bridgehead atoms. The number of hydrogen-bond donors (Lipinski definition) is 2. The lowest BCUT2D eigenvalue weighted by molar-refractivity contribution is 0.619. The van der Waals surface area contributed by atoms with Crippen LogP contribution in [0.15, 0.2) is 24.4 Å².